The average molecular weight is 701 g/mol. The number of nitro groups is 2. The molecule has 0 aliphatic carbocycles. The molecule has 0 N–H and O–H groups in total. The van der Waals surface area contributed by atoms with Crippen molar-refractivity contribution in [3.63, 3.8) is 0 Å². The van der Waals surface area contributed by atoms with Crippen LogP contribution in [-0.4, -0.2) is 47.8 Å². The molecule has 0 fully saturated rings. The first-order valence-electron chi connectivity index (χ1n) is 14.2. The van der Waals surface area contributed by atoms with E-state index in [1.165, 1.54) is 18.2 Å². The summed E-state index contributed by atoms with van der Waals surface area (Å²) in [4.78, 5) is 44.3. The van der Waals surface area contributed by atoms with Crippen LogP contribution in [0.15, 0.2) is 66.7 Å². The number of carbonyl (C=O) groups is 2. The molecule has 0 bridgehead atoms. The maximum atomic E-state index is 14.6. The molecule has 49 heavy (non-hydrogen) atoms. The fraction of sp³-hybridized carbons (Fsp3) is 0.290. The van der Waals surface area contributed by atoms with Crippen LogP contribution in [0, 0.1) is 26.0 Å². The zero-order valence-electron chi connectivity index (χ0n) is 25.1. The maximum absolute atomic E-state index is 14.6. The van der Waals surface area contributed by atoms with Crippen LogP contribution in [0.1, 0.15) is 47.2 Å². The second-order valence-corrected chi connectivity index (χ2v) is 10.0. The number of ether oxygens (including phenoxy) is 4. The van der Waals surface area contributed by atoms with E-state index < -0.39 is 74.9 Å². The Kier molecular flexibility index (Phi) is 13.1. The summed E-state index contributed by atoms with van der Waals surface area (Å²) < 4.78 is 99.0. The lowest BCUT2D eigenvalue weighted by Crippen LogP contribution is -2.22. The van der Waals surface area contributed by atoms with Gasteiger partial charge in [0.25, 0.3) is 11.4 Å². The molecule has 0 aromatic heterocycles. The molecule has 0 saturated heterocycles. The molecule has 3 aromatic carbocycles. The zero-order chi connectivity index (χ0) is 36.2. The molecule has 262 valence electrons. The molecule has 3 rings (SSSR count). The Morgan fingerprint density at radius 3 is 1.92 bits per heavy atom. The van der Waals surface area contributed by atoms with Crippen LogP contribution in [-0.2, 0) is 20.4 Å². The van der Waals surface area contributed by atoms with Crippen molar-refractivity contribution in [2.75, 3.05) is 19.8 Å². The largest absolute Gasteiger partial charge is 0.484 e. The van der Waals surface area contributed by atoms with Gasteiger partial charge in [0.1, 0.15) is 5.75 Å². The van der Waals surface area contributed by atoms with Crippen LogP contribution in [0.5, 0.6) is 11.5 Å². The van der Waals surface area contributed by atoms with Crippen LogP contribution in [0.25, 0.3) is 6.08 Å². The number of rotatable bonds is 17. The first-order chi connectivity index (χ1) is 23.0. The molecule has 0 aliphatic heterocycles. The third kappa shape index (κ3) is 12.5. The minimum Gasteiger partial charge on any atom is -0.484 e. The smallest absolute Gasteiger partial charge is 0.426 e. The molecule has 18 heteroatoms. The third-order valence-corrected chi connectivity index (χ3v) is 6.28. The number of non-ortho nitro benzene ring substituents is 2. The third-order valence-electron chi connectivity index (χ3n) is 6.28. The van der Waals surface area contributed by atoms with E-state index in [9.17, 15) is 56.2 Å². The topological polar surface area (TPSA) is 157 Å². The van der Waals surface area contributed by atoms with Crippen LogP contribution >= 0.6 is 0 Å². The Labute approximate surface area is 273 Å². The number of hydrogen-bond acceptors (Lipinski definition) is 10. The molecule has 3 aromatic rings. The van der Waals surface area contributed by atoms with Gasteiger partial charge in [-0.15, -0.1) is 0 Å². The monoisotopic (exact) mass is 700 g/mol. The first kappa shape index (κ1) is 37.8. The maximum Gasteiger partial charge on any atom is 0.426 e. The van der Waals surface area contributed by atoms with E-state index in [1.54, 1.807) is 0 Å². The fourth-order valence-electron chi connectivity index (χ4n) is 3.92. The Morgan fingerprint density at radius 2 is 1.37 bits per heavy atom. The van der Waals surface area contributed by atoms with Crippen molar-refractivity contribution in [1.82, 2.24) is 0 Å². The van der Waals surface area contributed by atoms with Crippen molar-refractivity contribution < 1.29 is 64.7 Å². The number of nitrogens with zero attached hydrogens (tertiary/aromatic N) is 2. The van der Waals surface area contributed by atoms with Crippen molar-refractivity contribution in [2.24, 2.45) is 0 Å². The van der Waals surface area contributed by atoms with E-state index in [0.717, 1.165) is 42.5 Å². The predicted molar refractivity (Wildman–Crippen MR) is 157 cm³/mol. The Bertz CT molecular complexity index is 1650. The second kappa shape index (κ2) is 16.9. The van der Waals surface area contributed by atoms with Crippen molar-refractivity contribution in [3.05, 3.63) is 109 Å². The average Bonchev–Trinajstić information content (AvgIpc) is 3.04. The first-order valence-corrected chi connectivity index (χ1v) is 14.2. The number of carbonyl (C=O) groups excluding carboxylic acids is 2. The summed E-state index contributed by atoms with van der Waals surface area (Å²) in [5, 5.41) is 21.9. The predicted octanol–water partition coefficient (Wildman–Crippen LogP) is 7.69. The number of nitro benzene ring substituents is 2. The number of benzene rings is 3. The SMILES string of the molecule is O=C(C=Cc1ccc(C(F)(F)Oc2ccc(OCC(F)(F)F)cc2F)cc1)OCCCCCCOC(=O)c1cc([N+](=O)[O-])cc([N+](=O)[O-])c1. The van der Waals surface area contributed by atoms with Crippen LogP contribution in [0.3, 0.4) is 0 Å². The van der Waals surface area contributed by atoms with E-state index in [-0.39, 0.29) is 18.8 Å². The Hall–Kier alpha value is -5.68. The molecule has 0 unspecified atom stereocenters. The van der Waals surface area contributed by atoms with Gasteiger partial charge in [0.05, 0.1) is 40.3 Å². The summed E-state index contributed by atoms with van der Waals surface area (Å²) in [5.74, 6) is -4.49. The highest BCUT2D eigenvalue weighted by Gasteiger charge is 2.35. The Balaban J connectivity index is 1.36. The van der Waals surface area contributed by atoms with Crippen molar-refractivity contribution in [2.45, 2.75) is 38.0 Å². The van der Waals surface area contributed by atoms with E-state index >= 15 is 0 Å². The molecular formula is C31H26F6N2O10. The quantitative estimate of drug-likeness (QED) is 0.0342. The van der Waals surface area contributed by atoms with Gasteiger partial charge in [-0.05, 0) is 61.6 Å². The summed E-state index contributed by atoms with van der Waals surface area (Å²) in [6.45, 7) is -1.70. The Morgan fingerprint density at radius 1 is 0.776 bits per heavy atom. The van der Waals surface area contributed by atoms with Crippen LogP contribution < -0.4 is 9.47 Å². The van der Waals surface area contributed by atoms with E-state index in [1.807, 2.05) is 0 Å². The lowest BCUT2D eigenvalue weighted by Gasteiger charge is -2.19. The standard InChI is InChI=1S/C31H26F6N2O10/c32-26-18-25(48-19-30(33,34)35)10-11-27(26)49-31(36,37)22-8-5-20(6-9-22)7-12-28(40)46-13-3-1-2-4-14-47-29(41)21-15-23(38(42)43)17-24(16-21)39(44)45/h5-12,15-18H,1-4,13-14,19H2. The summed E-state index contributed by atoms with van der Waals surface area (Å²) in [6.07, 6.45) is -4.33. The van der Waals surface area contributed by atoms with E-state index in [4.69, 9.17) is 9.47 Å². The molecule has 0 amide bonds. The highest BCUT2D eigenvalue weighted by Crippen LogP contribution is 2.34. The molecule has 0 saturated carbocycles. The van der Waals surface area contributed by atoms with Gasteiger partial charge in [0.2, 0.25) is 0 Å². The summed E-state index contributed by atoms with van der Waals surface area (Å²) >= 11 is 0. The number of alkyl halides is 5. The van der Waals surface area contributed by atoms with Gasteiger partial charge >= 0.3 is 24.2 Å². The van der Waals surface area contributed by atoms with Crippen LogP contribution in [0.2, 0.25) is 0 Å². The van der Waals surface area contributed by atoms with Crippen LogP contribution in [0.4, 0.5) is 37.7 Å². The molecule has 12 nitrogen and oxygen atoms in total. The zero-order valence-corrected chi connectivity index (χ0v) is 25.1. The number of esters is 2. The van der Waals surface area contributed by atoms with Crippen molar-refractivity contribution in [3.8, 4) is 11.5 Å². The highest BCUT2D eigenvalue weighted by atomic mass is 19.4. The minimum absolute atomic E-state index is 0.0504. The van der Waals surface area contributed by atoms with Gasteiger partial charge in [0, 0.05) is 24.3 Å². The molecule has 0 radical (unpaired) electrons. The van der Waals surface area contributed by atoms with Crippen molar-refractivity contribution in [1.29, 1.82) is 0 Å². The lowest BCUT2D eigenvalue weighted by atomic mass is 10.1. The van der Waals surface area contributed by atoms with E-state index in [0.29, 0.717) is 43.4 Å². The molecule has 0 atom stereocenters. The van der Waals surface area contributed by atoms with E-state index in [2.05, 4.69) is 9.47 Å². The van der Waals surface area contributed by atoms with Gasteiger partial charge < -0.3 is 18.9 Å². The lowest BCUT2D eigenvalue weighted by molar-refractivity contribution is -0.394. The fourth-order valence-corrected chi connectivity index (χ4v) is 3.92. The van der Waals surface area contributed by atoms with Gasteiger partial charge in [0.15, 0.2) is 18.2 Å². The summed E-state index contributed by atoms with van der Waals surface area (Å²) in [7, 11) is 0. The highest BCUT2D eigenvalue weighted by molar-refractivity contribution is 5.91. The minimum atomic E-state index is -4.67. The molecule has 0 spiro atoms. The molecule has 0 aliphatic rings. The van der Waals surface area contributed by atoms with Gasteiger partial charge in [-0.2, -0.15) is 22.0 Å². The number of hydrogen-bond donors (Lipinski definition) is 0. The van der Waals surface area contributed by atoms with Gasteiger partial charge in [-0.25, -0.2) is 14.0 Å². The van der Waals surface area contributed by atoms with Gasteiger partial charge in [-0.1, -0.05) is 12.1 Å². The second-order valence-electron chi connectivity index (χ2n) is 10.0. The normalized spacial score (nSPS) is 11.6. The summed E-state index contributed by atoms with van der Waals surface area (Å²) in [5.41, 5.74) is -1.92. The number of halogens is 6. The van der Waals surface area contributed by atoms with Crippen molar-refractivity contribution >= 4 is 29.4 Å². The molecular weight excluding hydrogens is 674 g/mol. The van der Waals surface area contributed by atoms with Gasteiger partial charge in [-0.3, -0.25) is 20.2 Å². The summed E-state index contributed by atoms with van der Waals surface area (Å²) in [6, 6.07) is 8.91. The number of unbranched alkanes of at least 4 members (excludes halogenated alkanes) is 3. The molecule has 0 heterocycles.